The molecule has 3 nitrogen and oxygen atoms in total. The molecule has 0 aliphatic heterocycles. The van der Waals surface area contributed by atoms with Crippen LogP contribution in [0.2, 0.25) is 0 Å². The summed E-state index contributed by atoms with van der Waals surface area (Å²) in [4.78, 5) is 0. The molecular weight excluding hydrogens is 717 g/mol. The van der Waals surface area contributed by atoms with Crippen LogP contribution in [0.3, 0.4) is 0 Å². The zero-order chi connectivity index (χ0) is 21.4. The molecule has 6 heteroatoms. The third-order valence-electron chi connectivity index (χ3n) is 5.56. The van der Waals surface area contributed by atoms with E-state index in [1.54, 1.807) is 21.3 Å². The molecule has 1 aliphatic rings. The molecule has 0 saturated heterocycles. The molecule has 0 N–H and O–H groups in total. The third kappa shape index (κ3) is 4.41. The average Bonchev–Trinajstić information content (AvgIpc) is 2.78. The van der Waals surface area contributed by atoms with Crippen molar-refractivity contribution in [3.05, 3.63) is 80.5 Å². The summed E-state index contributed by atoms with van der Waals surface area (Å²) >= 11 is 7.09. The van der Waals surface area contributed by atoms with Crippen LogP contribution in [0.15, 0.2) is 36.4 Å². The average molecular weight is 738 g/mol. The van der Waals surface area contributed by atoms with Crippen molar-refractivity contribution in [2.75, 3.05) is 21.3 Å². The van der Waals surface area contributed by atoms with Gasteiger partial charge in [-0.15, -0.1) is 0 Å². The number of hydrogen-bond acceptors (Lipinski definition) is 3. The van der Waals surface area contributed by atoms with E-state index >= 15 is 0 Å². The molecule has 3 aromatic rings. The van der Waals surface area contributed by atoms with Gasteiger partial charge in [0.25, 0.3) is 0 Å². The molecule has 0 saturated carbocycles. The predicted molar refractivity (Wildman–Crippen MR) is 146 cm³/mol. The number of benzene rings is 3. The van der Waals surface area contributed by atoms with Gasteiger partial charge in [-0.05, 0) is 157 Å². The van der Waals surface area contributed by atoms with Crippen molar-refractivity contribution in [3.63, 3.8) is 0 Å². The fourth-order valence-electron chi connectivity index (χ4n) is 3.98. The monoisotopic (exact) mass is 738 g/mol. The fraction of sp³-hybridized carbons (Fsp3) is 0.250. The standard InChI is InChI=1S/C24H21I3O3/c1-28-22-10-16-4-14-8-20(26)24(30-3)12-18(14)6-15-9-21(27)23(29-2)11-17(15)5-13(16)7-19(22)25/h7-12H,4-6H2,1-3H3. The highest BCUT2D eigenvalue weighted by Gasteiger charge is 2.20. The second-order valence-electron chi connectivity index (χ2n) is 7.30. The lowest BCUT2D eigenvalue weighted by Gasteiger charge is -2.15. The molecule has 30 heavy (non-hydrogen) atoms. The van der Waals surface area contributed by atoms with Crippen LogP contribution in [0.1, 0.15) is 33.4 Å². The summed E-state index contributed by atoms with van der Waals surface area (Å²) in [7, 11) is 5.22. The minimum atomic E-state index is 0.875. The van der Waals surface area contributed by atoms with Crippen LogP contribution in [-0.2, 0) is 19.3 Å². The molecule has 0 atom stereocenters. The van der Waals surface area contributed by atoms with Gasteiger partial charge in [0.05, 0.1) is 32.0 Å². The Morgan fingerprint density at radius 1 is 0.467 bits per heavy atom. The van der Waals surface area contributed by atoms with Crippen LogP contribution in [0.4, 0.5) is 0 Å². The molecule has 0 radical (unpaired) electrons. The van der Waals surface area contributed by atoms with Gasteiger partial charge in [0.1, 0.15) is 17.2 Å². The lowest BCUT2D eigenvalue weighted by atomic mass is 9.95. The Labute approximate surface area is 218 Å². The molecule has 0 unspecified atom stereocenters. The lowest BCUT2D eigenvalue weighted by molar-refractivity contribution is 0.410. The maximum atomic E-state index is 5.63. The van der Waals surface area contributed by atoms with Crippen molar-refractivity contribution in [1.29, 1.82) is 0 Å². The van der Waals surface area contributed by atoms with Gasteiger partial charge >= 0.3 is 0 Å². The molecule has 3 aromatic carbocycles. The van der Waals surface area contributed by atoms with Crippen molar-refractivity contribution in [1.82, 2.24) is 0 Å². The number of fused-ring (bicyclic) bond motifs is 3. The summed E-state index contributed by atoms with van der Waals surface area (Å²) in [5.41, 5.74) is 7.93. The number of ether oxygens (including phenoxy) is 3. The summed E-state index contributed by atoms with van der Waals surface area (Å²) < 4.78 is 20.3. The van der Waals surface area contributed by atoms with Crippen molar-refractivity contribution < 1.29 is 14.2 Å². The molecular formula is C24H21I3O3. The molecule has 0 amide bonds. The maximum Gasteiger partial charge on any atom is 0.132 e. The fourth-order valence-corrected chi connectivity index (χ4v) is 6.24. The van der Waals surface area contributed by atoms with E-state index in [-0.39, 0.29) is 0 Å². The van der Waals surface area contributed by atoms with Gasteiger partial charge in [0.15, 0.2) is 0 Å². The summed E-state index contributed by atoms with van der Waals surface area (Å²) in [6.45, 7) is 0. The van der Waals surface area contributed by atoms with Crippen LogP contribution < -0.4 is 14.2 Å². The second kappa shape index (κ2) is 9.40. The van der Waals surface area contributed by atoms with Crippen molar-refractivity contribution in [2.45, 2.75) is 19.3 Å². The maximum absolute atomic E-state index is 5.63. The minimum absolute atomic E-state index is 0.875. The Kier molecular flexibility index (Phi) is 7.03. The zero-order valence-corrected chi connectivity index (χ0v) is 23.4. The molecule has 0 bridgehead atoms. The Bertz CT molecular complexity index is 984. The van der Waals surface area contributed by atoms with Gasteiger partial charge in [0, 0.05) is 0 Å². The van der Waals surface area contributed by atoms with E-state index in [1.165, 1.54) is 33.4 Å². The predicted octanol–water partition coefficient (Wildman–Crippen LogP) is 6.61. The minimum Gasteiger partial charge on any atom is -0.496 e. The van der Waals surface area contributed by atoms with Gasteiger partial charge < -0.3 is 14.2 Å². The summed E-state index contributed by atoms with van der Waals surface area (Å²) in [5, 5.41) is 0. The topological polar surface area (TPSA) is 27.7 Å². The van der Waals surface area contributed by atoms with Crippen LogP contribution in [0.5, 0.6) is 17.2 Å². The van der Waals surface area contributed by atoms with E-state index in [2.05, 4.69) is 104 Å². The van der Waals surface area contributed by atoms with E-state index in [9.17, 15) is 0 Å². The van der Waals surface area contributed by atoms with E-state index in [0.29, 0.717) is 0 Å². The van der Waals surface area contributed by atoms with Crippen LogP contribution in [-0.4, -0.2) is 21.3 Å². The Morgan fingerprint density at radius 2 is 0.700 bits per heavy atom. The number of hydrogen-bond donors (Lipinski definition) is 0. The second-order valence-corrected chi connectivity index (χ2v) is 10.8. The van der Waals surface area contributed by atoms with Gasteiger partial charge in [-0.2, -0.15) is 0 Å². The van der Waals surface area contributed by atoms with E-state index < -0.39 is 0 Å². The molecule has 4 rings (SSSR count). The van der Waals surface area contributed by atoms with E-state index in [1.807, 2.05) is 0 Å². The normalized spacial score (nSPS) is 12.6. The Balaban J connectivity index is 1.98. The summed E-state index contributed by atoms with van der Waals surface area (Å²) in [5.74, 6) is 2.79. The van der Waals surface area contributed by atoms with Gasteiger partial charge in [-0.3, -0.25) is 0 Å². The molecule has 0 fully saturated rings. The summed E-state index contributed by atoms with van der Waals surface area (Å²) in [6.07, 6.45) is 2.63. The summed E-state index contributed by atoms with van der Waals surface area (Å²) in [6, 6.07) is 13.4. The first-order valence-electron chi connectivity index (χ1n) is 9.49. The smallest absolute Gasteiger partial charge is 0.132 e. The molecule has 0 aromatic heterocycles. The Morgan fingerprint density at radius 3 is 0.933 bits per heavy atom. The lowest BCUT2D eigenvalue weighted by Crippen LogP contribution is -2.01. The van der Waals surface area contributed by atoms with E-state index in [0.717, 1.165) is 47.2 Å². The van der Waals surface area contributed by atoms with Gasteiger partial charge in [-0.25, -0.2) is 0 Å². The number of halogens is 3. The van der Waals surface area contributed by atoms with Gasteiger partial charge in [-0.1, -0.05) is 0 Å². The van der Waals surface area contributed by atoms with Crippen molar-refractivity contribution >= 4 is 67.8 Å². The highest BCUT2D eigenvalue weighted by molar-refractivity contribution is 14.1. The number of rotatable bonds is 3. The first-order valence-corrected chi connectivity index (χ1v) is 12.7. The first kappa shape index (κ1) is 22.4. The van der Waals surface area contributed by atoms with Gasteiger partial charge in [0.2, 0.25) is 0 Å². The van der Waals surface area contributed by atoms with E-state index in [4.69, 9.17) is 14.2 Å². The largest absolute Gasteiger partial charge is 0.496 e. The molecule has 156 valence electrons. The molecule has 0 spiro atoms. The van der Waals surface area contributed by atoms with Crippen LogP contribution in [0, 0.1) is 10.7 Å². The third-order valence-corrected chi connectivity index (χ3v) is 8.09. The zero-order valence-electron chi connectivity index (χ0n) is 16.9. The van der Waals surface area contributed by atoms with Crippen LogP contribution >= 0.6 is 67.8 Å². The van der Waals surface area contributed by atoms with Crippen molar-refractivity contribution in [3.8, 4) is 17.2 Å². The highest BCUT2D eigenvalue weighted by Crippen LogP contribution is 2.36. The van der Waals surface area contributed by atoms with Crippen LogP contribution in [0.25, 0.3) is 0 Å². The molecule has 1 aliphatic carbocycles. The first-order chi connectivity index (χ1) is 14.4. The number of methoxy groups -OCH3 is 3. The Hall–Kier alpha value is -0.750. The SMILES string of the molecule is COc1cc2c(cc1I)Cc1cc(OC)c(I)cc1Cc1cc(OC)c(I)cc1C2. The quantitative estimate of drug-likeness (QED) is 0.222. The highest BCUT2D eigenvalue weighted by atomic mass is 127. The molecule has 0 heterocycles. The van der Waals surface area contributed by atoms with Crippen molar-refractivity contribution in [2.24, 2.45) is 0 Å².